The molecule has 0 aliphatic heterocycles. The second-order valence-corrected chi connectivity index (χ2v) is 9.12. The number of para-hydroxylation sites is 1. The average Bonchev–Trinajstić information content (AvgIpc) is 3.24. The molecule has 0 spiro atoms. The summed E-state index contributed by atoms with van der Waals surface area (Å²) in [5.74, 6) is 0.154. The fourth-order valence-corrected chi connectivity index (χ4v) is 4.32. The molecule has 180 valence electrons. The Labute approximate surface area is 206 Å². The van der Waals surface area contributed by atoms with Crippen LogP contribution in [0.4, 0.5) is 5.69 Å². The maximum absolute atomic E-state index is 12.4. The molecule has 0 saturated heterocycles. The highest BCUT2D eigenvalue weighted by atomic mass is 16.5. The molecule has 0 unspecified atom stereocenters. The molecule has 0 aliphatic rings. The molecule has 0 bridgehead atoms. The van der Waals surface area contributed by atoms with Gasteiger partial charge in [-0.3, -0.25) is 4.79 Å². The summed E-state index contributed by atoms with van der Waals surface area (Å²) in [5.41, 5.74) is 5.89. The maximum atomic E-state index is 12.4. The zero-order valence-electron chi connectivity index (χ0n) is 20.6. The van der Waals surface area contributed by atoms with Crippen LogP contribution in [0.5, 0.6) is 0 Å². The fraction of sp³-hybridized carbons (Fsp3) is 0.267. The number of methoxy groups -OCH3 is 1. The van der Waals surface area contributed by atoms with Crippen molar-refractivity contribution in [3.05, 3.63) is 95.7 Å². The summed E-state index contributed by atoms with van der Waals surface area (Å²) in [7, 11) is 1.40. The van der Waals surface area contributed by atoms with Crippen LogP contribution in [0, 0.1) is 0 Å². The van der Waals surface area contributed by atoms with Crippen LogP contribution in [-0.2, 0) is 16.0 Å². The summed E-state index contributed by atoms with van der Waals surface area (Å²) in [5, 5.41) is 4.03. The number of hydrogen-bond acceptors (Lipinski definition) is 3. The van der Waals surface area contributed by atoms with Crippen molar-refractivity contribution in [2.24, 2.45) is 0 Å². The zero-order chi connectivity index (χ0) is 24.8. The Morgan fingerprint density at radius 2 is 1.69 bits per heavy atom. The lowest BCUT2D eigenvalue weighted by Gasteiger charge is -2.08. The standard InChI is InChI=1S/C30H32N2O3/c1-21(2)22-13-16-25(17-14-22)31-29(33)12-8-7-9-24-20-32(26-10-5-4-6-11-26)28-18-15-23(19-27(24)28)30(34)35-3/h4-6,10-11,13-21H,7-9,12H2,1-3H3,(H,31,33). The molecular weight excluding hydrogens is 436 g/mol. The van der Waals surface area contributed by atoms with E-state index in [4.69, 9.17) is 4.74 Å². The normalized spacial score (nSPS) is 11.1. The van der Waals surface area contributed by atoms with Crippen molar-refractivity contribution < 1.29 is 14.3 Å². The molecule has 1 aromatic heterocycles. The van der Waals surface area contributed by atoms with Gasteiger partial charge in [-0.2, -0.15) is 0 Å². The molecule has 4 rings (SSSR count). The SMILES string of the molecule is COC(=O)c1ccc2c(c1)c(CCCCC(=O)Nc1ccc(C(C)C)cc1)cn2-c1ccccc1. The minimum atomic E-state index is -0.344. The Hall–Kier alpha value is -3.86. The summed E-state index contributed by atoms with van der Waals surface area (Å²) >= 11 is 0. The van der Waals surface area contributed by atoms with Gasteiger partial charge in [0.1, 0.15) is 0 Å². The van der Waals surface area contributed by atoms with E-state index in [0.29, 0.717) is 17.9 Å². The number of nitrogens with one attached hydrogen (secondary N) is 1. The number of nitrogens with zero attached hydrogens (tertiary/aromatic N) is 1. The van der Waals surface area contributed by atoms with Crippen molar-refractivity contribution in [1.82, 2.24) is 4.57 Å². The summed E-state index contributed by atoms with van der Waals surface area (Å²) in [4.78, 5) is 24.5. The van der Waals surface area contributed by atoms with Gasteiger partial charge in [-0.1, -0.05) is 44.2 Å². The molecule has 5 nitrogen and oxygen atoms in total. The summed E-state index contributed by atoms with van der Waals surface area (Å²) < 4.78 is 7.07. The number of fused-ring (bicyclic) bond motifs is 1. The number of carbonyl (C=O) groups is 2. The number of hydrogen-bond donors (Lipinski definition) is 1. The summed E-state index contributed by atoms with van der Waals surface area (Å²) in [6.07, 6.45) is 5.08. The van der Waals surface area contributed by atoms with Crippen LogP contribution < -0.4 is 5.32 Å². The Kier molecular flexibility index (Phi) is 7.66. The molecule has 5 heteroatoms. The molecule has 0 aliphatic carbocycles. The number of aromatic nitrogens is 1. The molecule has 35 heavy (non-hydrogen) atoms. The number of ether oxygens (including phenoxy) is 1. The van der Waals surface area contributed by atoms with Crippen molar-refractivity contribution in [3.63, 3.8) is 0 Å². The average molecular weight is 469 g/mol. The van der Waals surface area contributed by atoms with E-state index < -0.39 is 0 Å². The van der Waals surface area contributed by atoms with Crippen LogP contribution >= 0.6 is 0 Å². The van der Waals surface area contributed by atoms with Crippen molar-refractivity contribution in [1.29, 1.82) is 0 Å². The Bertz CT molecular complexity index is 1300. The Balaban J connectivity index is 1.43. The lowest BCUT2D eigenvalue weighted by molar-refractivity contribution is -0.116. The highest BCUT2D eigenvalue weighted by Crippen LogP contribution is 2.28. The zero-order valence-corrected chi connectivity index (χ0v) is 20.6. The van der Waals surface area contributed by atoms with Crippen LogP contribution in [-0.4, -0.2) is 23.6 Å². The van der Waals surface area contributed by atoms with E-state index in [1.807, 2.05) is 42.5 Å². The topological polar surface area (TPSA) is 60.3 Å². The van der Waals surface area contributed by atoms with Crippen molar-refractivity contribution in [3.8, 4) is 5.69 Å². The highest BCUT2D eigenvalue weighted by Gasteiger charge is 2.14. The van der Waals surface area contributed by atoms with E-state index in [0.717, 1.165) is 47.1 Å². The third-order valence-corrected chi connectivity index (χ3v) is 6.30. The predicted octanol–water partition coefficient (Wildman–Crippen LogP) is 6.89. The first-order chi connectivity index (χ1) is 17.0. The number of rotatable bonds is 9. The number of unbranched alkanes of at least 4 members (excludes halogenated alkanes) is 1. The lowest BCUT2D eigenvalue weighted by atomic mass is 10.0. The van der Waals surface area contributed by atoms with Crippen LogP contribution in [0.15, 0.2) is 79.0 Å². The molecular formula is C30H32N2O3. The third kappa shape index (κ3) is 5.80. The first kappa shape index (κ1) is 24.3. The maximum Gasteiger partial charge on any atom is 0.337 e. The van der Waals surface area contributed by atoms with Crippen LogP contribution in [0.25, 0.3) is 16.6 Å². The lowest BCUT2D eigenvalue weighted by Crippen LogP contribution is -2.11. The smallest absolute Gasteiger partial charge is 0.337 e. The molecule has 4 aromatic rings. The molecule has 0 saturated carbocycles. The molecule has 0 atom stereocenters. The van der Waals surface area contributed by atoms with Gasteiger partial charge in [0.05, 0.1) is 18.2 Å². The number of aryl methyl sites for hydroxylation is 1. The van der Waals surface area contributed by atoms with Crippen molar-refractivity contribution in [2.45, 2.75) is 45.4 Å². The number of carbonyl (C=O) groups excluding carboxylic acids is 2. The predicted molar refractivity (Wildman–Crippen MR) is 141 cm³/mol. The highest BCUT2D eigenvalue weighted by molar-refractivity contribution is 5.96. The van der Waals surface area contributed by atoms with E-state index in [1.54, 1.807) is 6.07 Å². The molecule has 3 aromatic carbocycles. The molecule has 0 radical (unpaired) electrons. The number of esters is 1. The molecule has 1 heterocycles. The summed E-state index contributed by atoms with van der Waals surface area (Å²) in [6.45, 7) is 4.31. The first-order valence-corrected chi connectivity index (χ1v) is 12.1. The monoisotopic (exact) mass is 468 g/mol. The van der Waals surface area contributed by atoms with Gasteiger partial charge >= 0.3 is 5.97 Å². The minimum absolute atomic E-state index is 0.0296. The van der Waals surface area contributed by atoms with Crippen molar-refractivity contribution >= 4 is 28.5 Å². The van der Waals surface area contributed by atoms with Gasteiger partial charge in [0.15, 0.2) is 0 Å². The van der Waals surface area contributed by atoms with Crippen LogP contribution in [0.3, 0.4) is 0 Å². The van der Waals surface area contributed by atoms with E-state index in [2.05, 4.69) is 54.2 Å². The van der Waals surface area contributed by atoms with E-state index >= 15 is 0 Å². The third-order valence-electron chi connectivity index (χ3n) is 6.30. The van der Waals surface area contributed by atoms with Gasteiger partial charge in [-0.05, 0) is 78.8 Å². The fourth-order valence-electron chi connectivity index (χ4n) is 4.32. The second-order valence-electron chi connectivity index (χ2n) is 9.12. The van der Waals surface area contributed by atoms with Crippen molar-refractivity contribution in [2.75, 3.05) is 12.4 Å². The van der Waals surface area contributed by atoms with E-state index in [1.165, 1.54) is 12.7 Å². The number of benzene rings is 3. The van der Waals surface area contributed by atoms with Gasteiger partial charge in [0.2, 0.25) is 5.91 Å². The largest absolute Gasteiger partial charge is 0.465 e. The molecule has 1 amide bonds. The quantitative estimate of drug-likeness (QED) is 0.215. The second kappa shape index (κ2) is 11.0. The Morgan fingerprint density at radius 1 is 0.943 bits per heavy atom. The van der Waals surface area contributed by atoms with E-state index in [9.17, 15) is 9.59 Å². The van der Waals surface area contributed by atoms with Crippen LogP contribution in [0.2, 0.25) is 0 Å². The van der Waals surface area contributed by atoms with E-state index in [-0.39, 0.29) is 11.9 Å². The summed E-state index contributed by atoms with van der Waals surface area (Å²) in [6, 6.07) is 23.9. The molecule has 0 fully saturated rings. The van der Waals surface area contributed by atoms with Gasteiger partial charge in [-0.15, -0.1) is 0 Å². The number of anilines is 1. The van der Waals surface area contributed by atoms with Gasteiger partial charge < -0.3 is 14.6 Å². The number of amides is 1. The van der Waals surface area contributed by atoms with Gasteiger partial charge in [0.25, 0.3) is 0 Å². The molecule has 1 N–H and O–H groups in total. The van der Waals surface area contributed by atoms with Gasteiger partial charge in [0, 0.05) is 29.4 Å². The Morgan fingerprint density at radius 3 is 2.37 bits per heavy atom. The first-order valence-electron chi connectivity index (χ1n) is 12.1. The van der Waals surface area contributed by atoms with Gasteiger partial charge in [-0.25, -0.2) is 4.79 Å². The minimum Gasteiger partial charge on any atom is -0.465 e. The van der Waals surface area contributed by atoms with Crippen LogP contribution in [0.1, 0.15) is 60.5 Å².